The number of allylic oxidation sites excluding steroid dienone is 2. The quantitative estimate of drug-likeness (QED) is 0.469. The van der Waals surface area contributed by atoms with Gasteiger partial charge in [-0.25, -0.2) is 0 Å². The van der Waals surface area contributed by atoms with Crippen LogP contribution in [0.3, 0.4) is 0 Å². The standard InChI is InChI=1S/C12H22Si/c1-13(2,3)7-6-12-9-10-4-5-11(12)8-10/h9-11H,4-8H2,1-3H3. The van der Waals surface area contributed by atoms with Crippen LogP contribution in [0.5, 0.6) is 0 Å². The zero-order chi connectivity index (χ0) is 9.47. The van der Waals surface area contributed by atoms with Crippen LogP contribution in [0.25, 0.3) is 0 Å². The molecule has 0 N–H and O–H groups in total. The van der Waals surface area contributed by atoms with Crippen LogP contribution in [0.15, 0.2) is 11.6 Å². The van der Waals surface area contributed by atoms with Crippen LogP contribution in [0.4, 0.5) is 0 Å². The molecule has 1 fully saturated rings. The van der Waals surface area contributed by atoms with Gasteiger partial charge in [-0.2, -0.15) is 0 Å². The largest absolute Gasteiger partial charge is 0.0819 e. The third-order valence-corrected chi connectivity index (χ3v) is 5.36. The molecule has 0 aliphatic heterocycles. The first kappa shape index (κ1) is 9.51. The lowest BCUT2D eigenvalue weighted by molar-refractivity contribution is 0.634. The summed E-state index contributed by atoms with van der Waals surface area (Å²) in [4.78, 5) is 0. The average molecular weight is 194 g/mol. The molecule has 0 aromatic rings. The molecular formula is C12H22Si. The van der Waals surface area contributed by atoms with Crippen molar-refractivity contribution < 1.29 is 0 Å². The Bertz CT molecular complexity index is 222. The van der Waals surface area contributed by atoms with Gasteiger partial charge in [0.1, 0.15) is 0 Å². The summed E-state index contributed by atoms with van der Waals surface area (Å²) in [6.07, 6.45) is 8.52. The smallest absolute Gasteiger partial charge is 0.0445 e. The molecule has 1 heteroatoms. The second-order valence-electron chi connectivity index (χ2n) is 6.07. The Labute approximate surface area is 83.4 Å². The van der Waals surface area contributed by atoms with Crippen molar-refractivity contribution in [1.29, 1.82) is 0 Å². The Balaban J connectivity index is 1.87. The van der Waals surface area contributed by atoms with Gasteiger partial charge in [-0.05, 0) is 37.5 Å². The van der Waals surface area contributed by atoms with Gasteiger partial charge in [0.2, 0.25) is 0 Å². The van der Waals surface area contributed by atoms with Crippen LogP contribution in [0, 0.1) is 11.8 Å². The molecule has 0 radical (unpaired) electrons. The second-order valence-corrected chi connectivity index (χ2v) is 11.7. The van der Waals surface area contributed by atoms with Crippen LogP contribution in [-0.4, -0.2) is 8.07 Å². The van der Waals surface area contributed by atoms with Gasteiger partial charge in [0.25, 0.3) is 0 Å². The van der Waals surface area contributed by atoms with E-state index in [0.29, 0.717) is 0 Å². The molecule has 0 amide bonds. The van der Waals surface area contributed by atoms with Crippen LogP contribution in [0.2, 0.25) is 25.7 Å². The molecule has 2 bridgehead atoms. The Morgan fingerprint density at radius 2 is 2.08 bits per heavy atom. The highest BCUT2D eigenvalue weighted by Crippen LogP contribution is 2.45. The molecule has 0 aromatic carbocycles. The van der Waals surface area contributed by atoms with Crippen LogP contribution >= 0.6 is 0 Å². The fraction of sp³-hybridized carbons (Fsp3) is 0.833. The van der Waals surface area contributed by atoms with E-state index in [9.17, 15) is 0 Å². The molecule has 0 aromatic heterocycles. The summed E-state index contributed by atoms with van der Waals surface area (Å²) >= 11 is 0. The lowest BCUT2D eigenvalue weighted by atomic mass is 9.97. The van der Waals surface area contributed by atoms with E-state index >= 15 is 0 Å². The van der Waals surface area contributed by atoms with Crippen molar-refractivity contribution in [3.63, 3.8) is 0 Å². The third kappa shape index (κ3) is 2.25. The Morgan fingerprint density at radius 3 is 2.54 bits per heavy atom. The summed E-state index contributed by atoms with van der Waals surface area (Å²) in [5, 5.41) is 0. The molecular weight excluding hydrogens is 172 g/mol. The minimum Gasteiger partial charge on any atom is -0.0819 e. The van der Waals surface area contributed by atoms with Gasteiger partial charge in [-0.1, -0.05) is 37.3 Å². The maximum Gasteiger partial charge on any atom is 0.0445 e. The zero-order valence-corrected chi connectivity index (χ0v) is 10.3. The molecule has 74 valence electrons. The zero-order valence-electron chi connectivity index (χ0n) is 9.27. The third-order valence-electron chi connectivity index (χ3n) is 3.61. The molecule has 2 rings (SSSR count). The SMILES string of the molecule is C[Si](C)(C)CCC1=CC2CCC1C2. The number of fused-ring (bicyclic) bond motifs is 2. The van der Waals surface area contributed by atoms with Crippen LogP contribution in [0.1, 0.15) is 25.7 Å². The predicted octanol–water partition coefficient (Wildman–Crippen LogP) is 4.07. The van der Waals surface area contributed by atoms with Crippen molar-refractivity contribution in [3.05, 3.63) is 11.6 Å². The van der Waals surface area contributed by atoms with Crippen molar-refractivity contribution in [2.45, 2.75) is 51.4 Å². The maximum atomic E-state index is 2.61. The van der Waals surface area contributed by atoms with E-state index in [1.54, 1.807) is 0 Å². The molecule has 2 aliphatic carbocycles. The van der Waals surface area contributed by atoms with Gasteiger partial charge in [-0.15, -0.1) is 0 Å². The molecule has 13 heavy (non-hydrogen) atoms. The summed E-state index contributed by atoms with van der Waals surface area (Å²) in [5.41, 5.74) is 1.83. The summed E-state index contributed by atoms with van der Waals surface area (Å²) in [6, 6.07) is 1.50. The van der Waals surface area contributed by atoms with E-state index in [1.165, 1.54) is 31.7 Å². The maximum absolute atomic E-state index is 2.61. The van der Waals surface area contributed by atoms with Crippen molar-refractivity contribution in [2.24, 2.45) is 11.8 Å². The monoisotopic (exact) mass is 194 g/mol. The van der Waals surface area contributed by atoms with E-state index in [1.807, 2.05) is 5.57 Å². The van der Waals surface area contributed by atoms with Crippen molar-refractivity contribution in [2.75, 3.05) is 0 Å². The molecule has 0 spiro atoms. The Kier molecular flexibility index (Phi) is 2.39. The van der Waals surface area contributed by atoms with E-state index in [-0.39, 0.29) is 0 Å². The van der Waals surface area contributed by atoms with Crippen LogP contribution < -0.4 is 0 Å². The molecule has 0 heterocycles. The minimum atomic E-state index is -0.793. The van der Waals surface area contributed by atoms with E-state index in [2.05, 4.69) is 25.7 Å². The van der Waals surface area contributed by atoms with Gasteiger partial charge in [-0.3, -0.25) is 0 Å². The van der Waals surface area contributed by atoms with Crippen molar-refractivity contribution in [1.82, 2.24) is 0 Å². The fourth-order valence-electron chi connectivity index (χ4n) is 2.75. The highest BCUT2D eigenvalue weighted by atomic mass is 28.3. The molecule has 1 saturated carbocycles. The summed E-state index contributed by atoms with van der Waals surface area (Å²) in [7, 11) is -0.793. The molecule has 0 saturated heterocycles. The van der Waals surface area contributed by atoms with Crippen molar-refractivity contribution >= 4 is 8.07 Å². The lowest BCUT2D eigenvalue weighted by Gasteiger charge is -2.19. The lowest BCUT2D eigenvalue weighted by Crippen LogP contribution is -2.19. The topological polar surface area (TPSA) is 0 Å². The normalized spacial score (nSPS) is 32.4. The molecule has 2 atom stereocenters. The Hall–Kier alpha value is -0.0431. The molecule has 0 nitrogen and oxygen atoms in total. The van der Waals surface area contributed by atoms with Gasteiger partial charge in [0.15, 0.2) is 0 Å². The molecule has 2 unspecified atom stereocenters. The van der Waals surface area contributed by atoms with Gasteiger partial charge < -0.3 is 0 Å². The fourth-order valence-corrected chi connectivity index (χ4v) is 3.79. The number of hydrogen-bond donors (Lipinski definition) is 0. The minimum absolute atomic E-state index is 0.793. The summed E-state index contributed by atoms with van der Waals surface area (Å²) < 4.78 is 0. The van der Waals surface area contributed by atoms with E-state index in [4.69, 9.17) is 0 Å². The first-order chi connectivity index (χ1) is 6.04. The first-order valence-corrected chi connectivity index (χ1v) is 9.46. The summed E-state index contributed by atoms with van der Waals surface area (Å²) in [6.45, 7) is 7.46. The predicted molar refractivity (Wildman–Crippen MR) is 61.7 cm³/mol. The van der Waals surface area contributed by atoms with Gasteiger partial charge >= 0.3 is 0 Å². The number of rotatable bonds is 3. The van der Waals surface area contributed by atoms with Gasteiger partial charge in [0, 0.05) is 8.07 Å². The average Bonchev–Trinajstić information content (AvgIpc) is 2.58. The first-order valence-electron chi connectivity index (χ1n) is 5.75. The second kappa shape index (κ2) is 3.27. The van der Waals surface area contributed by atoms with Crippen molar-refractivity contribution in [3.8, 4) is 0 Å². The highest BCUT2D eigenvalue weighted by Gasteiger charge is 2.32. The van der Waals surface area contributed by atoms with Gasteiger partial charge in [0.05, 0.1) is 0 Å². The number of hydrogen-bond acceptors (Lipinski definition) is 0. The summed E-state index contributed by atoms with van der Waals surface area (Å²) in [5.74, 6) is 2.00. The Morgan fingerprint density at radius 1 is 1.31 bits per heavy atom. The highest BCUT2D eigenvalue weighted by molar-refractivity contribution is 6.76. The van der Waals surface area contributed by atoms with E-state index in [0.717, 1.165) is 11.8 Å². The van der Waals surface area contributed by atoms with Crippen LogP contribution in [-0.2, 0) is 0 Å². The van der Waals surface area contributed by atoms with E-state index < -0.39 is 8.07 Å². The molecule has 2 aliphatic rings.